The maximum absolute atomic E-state index is 12.4. The lowest BCUT2D eigenvalue weighted by Crippen LogP contribution is -2.39. The molecule has 0 radical (unpaired) electrons. The predicted molar refractivity (Wildman–Crippen MR) is 102 cm³/mol. The van der Waals surface area contributed by atoms with E-state index in [1.807, 2.05) is 38.1 Å². The number of carbonyl (C=O) groups is 2. The molecule has 0 heterocycles. The fourth-order valence-electron chi connectivity index (χ4n) is 3.12. The molecule has 6 heteroatoms. The highest BCUT2D eigenvalue weighted by atomic mass is 16.2. The van der Waals surface area contributed by atoms with E-state index in [2.05, 4.69) is 16.0 Å². The number of anilines is 2. The maximum atomic E-state index is 12.4. The molecule has 0 unspecified atom stereocenters. The second-order valence-corrected chi connectivity index (χ2v) is 6.82. The van der Waals surface area contributed by atoms with Crippen LogP contribution < -0.4 is 20.9 Å². The molecule has 1 aromatic rings. The number of nitrogens with zero attached hydrogens (tertiary/aromatic N) is 1. The lowest BCUT2D eigenvalue weighted by Gasteiger charge is -2.23. The first-order valence-corrected chi connectivity index (χ1v) is 9.18. The molecule has 25 heavy (non-hydrogen) atoms. The molecule has 0 aromatic heterocycles. The van der Waals surface area contributed by atoms with Crippen molar-refractivity contribution >= 4 is 23.3 Å². The largest absolute Gasteiger partial charge is 0.377 e. The Balaban J connectivity index is 2.07. The fourth-order valence-corrected chi connectivity index (χ4v) is 3.12. The zero-order valence-corrected chi connectivity index (χ0v) is 15.5. The van der Waals surface area contributed by atoms with E-state index in [0.717, 1.165) is 24.9 Å². The van der Waals surface area contributed by atoms with E-state index < -0.39 is 0 Å². The summed E-state index contributed by atoms with van der Waals surface area (Å²) in [6.45, 7) is 2.65. The summed E-state index contributed by atoms with van der Waals surface area (Å²) >= 11 is 0. The number of benzene rings is 1. The van der Waals surface area contributed by atoms with Gasteiger partial charge in [0.05, 0.1) is 5.56 Å². The molecule has 1 aliphatic carbocycles. The van der Waals surface area contributed by atoms with Gasteiger partial charge in [-0.25, -0.2) is 4.79 Å². The van der Waals surface area contributed by atoms with Gasteiger partial charge in [-0.2, -0.15) is 0 Å². The molecule has 1 aromatic carbocycles. The molecule has 2 rings (SSSR count). The second kappa shape index (κ2) is 9.30. The lowest BCUT2D eigenvalue weighted by molar-refractivity contribution is 0.0954. The molecule has 3 N–H and O–H groups in total. The van der Waals surface area contributed by atoms with E-state index in [4.69, 9.17) is 0 Å². The minimum Gasteiger partial charge on any atom is -0.377 e. The van der Waals surface area contributed by atoms with Crippen LogP contribution in [0.15, 0.2) is 18.2 Å². The third kappa shape index (κ3) is 5.66. The first-order valence-electron chi connectivity index (χ1n) is 9.18. The van der Waals surface area contributed by atoms with Crippen molar-refractivity contribution in [2.24, 2.45) is 0 Å². The Morgan fingerprint density at radius 3 is 2.52 bits per heavy atom. The molecule has 1 aliphatic rings. The highest BCUT2D eigenvalue weighted by Gasteiger charge is 2.17. The van der Waals surface area contributed by atoms with Crippen LogP contribution in [0.1, 0.15) is 55.8 Å². The van der Waals surface area contributed by atoms with E-state index in [9.17, 15) is 9.59 Å². The van der Waals surface area contributed by atoms with Gasteiger partial charge in [0.25, 0.3) is 5.91 Å². The predicted octanol–water partition coefficient (Wildman–Crippen LogP) is 3.35. The van der Waals surface area contributed by atoms with Gasteiger partial charge in [0.15, 0.2) is 0 Å². The van der Waals surface area contributed by atoms with Crippen molar-refractivity contribution in [2.75, 3.05) is 30.9 Å². The van der Waals surface area contributed by atoms with Crippen LogP contribution in [0.4, 0.5) is 16.2 Å². The molecular weight excluding hydrogens is 316 g/mol. The van der Waals surface area contributed by atoms with Gasteiger partial charge in [-0.3, -0.25) is 4.79 Å². The van der Waals surface area contributed by atoms with Gasteiger partial charge in [-0.05, 0) is 37.5 Å². The minimum atomic E-state index is -0.204. The van der Waals surface area contributed by atoms with Crippen LogP contribution in [0.2, 0.25) is 0 Å². The summed E-state index contributed by atoms with van der Waals surface area (Å²) in [5.74, 6) is -0.123. The monoisotopic (exact) mass is 346 g/mol. The van der Waals surface area contributed by atoms with E-state index in [-0.39, 0.29) is 18.0 Å². The SMILES string of the molecule is CCCNC(=O)c1cc(NC(=O)NC2CCCCC2)ccc1N(C)C. The zero-order valence-electron chi connectivity index (χ0n) is 15.5. The van der Waals surface area contributed by atoms with Crippen LogP contribution in [-0.4, -0.2) is 38.6 Å². The van der Waals surface area contributed by atoms with E-state index in [1.54, 1.807) is 6.07 Å². The Morgan fingerprint density at radius 2 is 1.88 bits per heavy atom. The van der Waals surface area contributed by atoms with Crippen molar-refractivity contribution in [2.45, 2.75) is 51.5 Å². The Labute approximate surface area is 150 Å². The summed E-state index contributed by atoms with van der Waals surface area (Å²) < 4.78 is 0. The van der Waals surface area contributed by atoms with E-state index in [0.29, 0.717) is 17.8 Å². The van der Waals surface area contributed by atoms with Crippen molar-refractivity contribution in [3.05, 3.63) is 23.8 Å². The summed E-state index contributed by atoms with van der Waals surface area (Å²) in [5, 5.41) is 8.78. The fraction of sp³-hybridized carbons (Fsp3) is 0.579. The molecule has 6 nitrogen and oxygen atoms in total. The number of carbonyl (C=O) groups excluding carboxylic acids is 2. The smallest absolute Gasteiger partial charge is 0.319 e. The summed E-state index contributed by atoms with van der Waals surface area (Å²) in [6, 6.07) is 5.47. The molecule has 0 spiro atoms. The van der Waals surface area contributed by atoms with Crippen molar-refractivity contribution < 1.29 is 9.59 Å². The van der Waals surface area contributed by atoms with E-state index >= 15 is 0 Å². The molecule has 0 aliphatic heterocycles. The number of hydrogen-bond donors (Lipinski definition) is 3. The number of urea groups is 1. The number of amides is 3. The van der Waals surface area contributed by atoms with Crippen LogP contribution in [0.5, 0.6) is 0 Å². The van der Waals surface area contributed by atoms with Gasteiger partial charge in [0.1, 0.15) is 0 Å². The summed E-state index contributed by atoms with van der Waals surface area (Å²) in [7, 11) is 3.80. The van der Waals surface area contributed by atoms with E-state index in [1.165, 1.54) is 19.3 Å². The normalized spacial score (nSPS) is 14.7. The van der Waals surface area contributed by atoms with Gasteiger partial charge in [0.2, 0.25) is 0 Å². The lowest BCUT2D eigenvalue weighted by atomic mass is 9.96. The Kier molecular flexibility index (Phi) is 7.10. The first-order chi connectivity index (χ1) is 12.0. The average Bonchev–Trinajstić information content (AvgIpc) is 2.60. The van der Waals surface area contributed by atoms with Crippen LogP contribution >= 0.6 is 0 Å². The molecule has 1 saturated carbocycles. The molecular formula is C19H30N4O2. The maximum Gasteiger partial charge on any atom is 0.319 e. The minimum absolute atomic E-state index is 0.123. The van der Waals surface area contributed by atoms with Gasteiger partial charge < -0.3 is 20.9 Å². The Bertz CT molecular complexity index is 595. The highest BCUT2D eigenvalue weighted by Crippen LogP contribution is 2.23. The summed E-state index contributed by atoms with van der Waals surface area (Å²) in [5.41, 5.74) is 2.02. The van der Waals surface area contributed by atoms with Gasteiger partial charge in [-0.1, -0.05) is 26.2 Å². The quantitative estimate of drug-likeness (QED) is 0.739. The Morgan fingerprint density at radius 1 is 1.16 bits per heavy atom. The van der Waals surface area contributed by atoms with Crippen LogP contribution in [0.25, 0.3) is 0 Å². The van der Waals surface area contributed by atoms with Crippen molar-refractivity contribution in [1.82, 2.24) is 10.6 Å². The molecule has 1 fully saturated rings. The summed E-state index contributed by atoms with van der Waals surface area (Å²) in [4.78, 5) is 26.5. The molecule has 0 atom stereocenters. The number of hydrogen-bond acceptors (Lipinski definition) is 3. The third-order valence-corrected chi connectivity index (χ3v) is 4.46. The van der Waals surface area contributed by atoms with Gasteiger partial charge >= 0.3 is 6.03 Å². The molecule has 0 saturated heterocycles. The van der Waals surface area contributed by atoms with Gasteiger partial charge in [0, 0.05) is 38.1 Å². The van der Waals surface area contributed by atoms with Crippen molar-refractivity contribution in [3.8, 4) is 0 Å². The van der Waals surface area contributed by atoms with Crippen LogP contribution in [0.3, 0.4) is 0 Å². The molecule has 3 amide bonds. The van der Waals surface area contributed by atoms with Crippen molar-refractivity contribution in [3.63, 3.8) is 0 Å². The first kappa shape index (κ1) is 19.1. The van der Waals surface area contributed by atoms with Crippen LogP contribution in [-0.2, 0) is 0 Å². The average molecular weight is 346 g/mol. The molecule has 0 bridgehead atoms. The number of nitrogens with one attached hydrogen (secondary N) is 3. The summed E-state index contributed by atoms with van der Waals surface area (Å²) in [6.07, 6.45) is 6.55. The highest BCUT2D eigenvalue weighted by molar-refractivity contribution is 6.01. The second-order valence-electron chi connectivity index (χ2n) is 6.82. The van der Waals surface area contributed by atoms with Crippen LogP contribution in [0, 0.1) is 0 Å². The molecule has 138 valence electrons. The van der Waals surface area contributed by atoms with Crippen molar-refractivity contribution in [1.29, 1.82) is 0 Å². The topological polar surface area (TPSA) is 73.5 Å². The Hall–Kier alpha value is -2.24. The third-order valence-electron chi connectivity index (χ3n) is 4.46. The standard InChI is InChI=1S/C19H30N4O2/c1-4-12-20-18(24)16-13-15(10-11-17(16)23(2)3)22-19(25)21-14-8-6-5-7-9-14/h10-11,13-14H,4-9,12H2,1-3H3,(H,20,24)(H2,21,22,25). The number of rotatable bonds is 6. The zero-order chi connectivity index (χ0) is 18.2. The van der Waals surface area contributed by atoms with Gasteiger partial charge in [-0.15, -0.1) is 0 Å².